The fourth-order valence-corrected chi connectivity index (χ4v) is 4.68. The van der Waals surface area contributed by atoms with E-state index in [0.29, 0.717) is 32.8 Å². The smallest absolute Gasteiger partial charge is 0.416 e. The van der Waals surface area contributed by atoms with Crippen LogP contribution in [0.5, 0.6) is 5.75 Å². The first kappa shape index (κ1) is 23.4. The zero-order valence-corrected chi connectivity index (χ0v) is 19.3. The van der Waals surface area contributed by atoms with Gasteiger partial charge in [0.05, 0.1) is 24.6 Å². The van der Waals surface area contributed by atoms with Gasteiger partial charge in [-0.1, -0.05) is 12.1 Å². The second kappa shape index (κ2) is 9.01. The van der Waals surface area contributed by atoms with Crippen molar-refractivity contribution in [3.8, 4) is 11.4 Å². The molecule has 1 aromatic heterocycles. The highest BCUT2D eigenvalue weighted by molar-refractivity contribution is 5.86. The largest absolute Gasteiger partial charge is 0.463 e. The summed E-state index contributed by atoms with van der Waals surface area (Å²) in [4.78, 5) is 19.4. The topological polar surface area (TPSA) is 53.8 Å². The number of carbonyl (C=O) groups excluding carboxylic acids is 1. The minimum Gasteiger partial charge on any atom is -0.463 e. The second-order valence-electron chi connectivity index (χ2n) is 9.03. The molecule has 2 saturated heterocycles. The van der Waals surface area contributed by atoms with E-state index >= 15 is 0 Å². The van der Waals surface area contributed by atoms with E-state index in [9.17, 15) is 18.0 Å². The number of likely N-dealkylation sites (tertiary alicyclic amines) is 1. The van der Waals surface area contributed by atoms with Gasteiger partial charge in [-0.05, 0) is 61.5 Å². The number of hydrogen-bond acceptors (Lipinski definition) is 5. The Morgan fingerprint density at radius 1 is 1.09 bits per heavy atom. The summed E-state index contributed by atoms with van der Waals surface area (Å²) in [5.74, 6) is 0.0716. The summed E-state index contributed by atoms with van der Waals surface area (Å²) in [5.41, 5.74) is -0.110. The fourth-order valence-electron chi connectivity index (χ4n) is 4.68. The number of amides is 1. The van der Waals surface area contributed by atoms with E-state index in [4.69, 9.17) is 4.74 Å². The molecule has 35 heavy (non-hydrogen) atoms. The lowest BCUT2D eigenvalue weighted by molar-refractivity contribution is -0.178. The van der Waals surface area contributed by atoms with Gasteiger partial charge in [-0.2, -0.15) is 18.3 Å². The molecule has 0 aliphatic carbocycles. The summed E-state index contributed by atoms with van der Waals surface area (Å²) < 4.78 is 47.1. The number of benzene rings is 2. The van der Waals surface area contributed by atoms with Crippen LogP contribution in [0.2, 0.25) is 0 Å². The molecule has 0 saturated carbocycles. The Hall–Kier alpha value is -3.37. The maximum Gasteiger partial charge on any atom is 0.416 e. The number of ether oxygens (including phenoxy) is 1. The highest BCUT2D eigenvalue weighted by Gasteiger charge is 2.53. The molecular formula is C25H26F3N5O2. The standard InChI is InChI=1S/C25H26F3N5O2/c1-30-17-31(18-30)23(34)24(35-22-10-6-20(7-11-22)25(26,27)28)12-2-14-32(24)16-19-4-8-21(9-5-19)33-15-3-13-29-33/h3-11,13,15H,2,12,14,16-18H2,1H3. The first-order valence-corrected chi connectivity index (χ1v) is 11.4. The van der Waals surface area contributed by atoms with E-state index in [0.717, 1.165) is 29.8 Å². The van der Waals surface area contributed by atoms with Crippen molar-refractivity contribution in [3.05, 3.63) is 78.1 Å². The molecule has 0 radical (unpaired) electrons. The van der Waals surface area contributed by atoms with E-state index in [2.05, 4.69) is 5.10 Å². The summed E-state index contributed by atoms with van der Waals surface area (Å²) in [6.07, 6.45) is 0.334. The van der Waals surface area contributed by atoms with Crippen molar-refractivity contribution in [1.29, 1.82) is 0 Å². The lowest BCUT2D eigenvalue weighted by atomic mass is 10.1. The van der Waals surface area contributed by atoms with Crippen LogP contribution in [0.4, 0.5) is 13.2 Å². The van der Waals surface area contributed by atoms with Crippen molar-refractivity contribution in [2.45, 2.75) is 31.3 Å². The third-order valence-corrected chi connectivity index (χ3v) is 6.45. The van der Waals surface area contributed by atoms with Gasteiger partial charge in [-0.3, -0.25) is 14.6 Å². The fraction of sp³-hybridized carbons (Fsp3) is 0.360. The Balaban J connectivity index is 1.41. The first-order chi connectivity index (χ1) is 16.7. The Morgan fingerprint density at radius 2 is 1.80 bits per heavy atom. The van der Waals surface area contributed by atoms with Gasteiger partial charge >= 0.3 is 6.18 Å². The lowest BCUT2D eigenvalue weighted by Crippen LogP contribution is -2.66. The third-order valence-electron chi connectivity index (χ3n) is 6.45. The van der Waals surface area contributed by atoms with Gasteiger partial charge in [0.15, 0.2) is 0 Å². The molecule has 1 amide bonds. The molecule has 2 aliphatic heterocycles. The summed E-state index contributed by atoms with van der Waals surface area (Å²) in [6.45, 7) is 2.08. The van der Waals surface area contributed by atoms with Gasteiger partial charge in [-0.15, -0.1) is 0 Å². The average Bonchev–Trinajstić information content (AvgIpc) is 3.48. The van der Waals surface area contributed by atoms with E-state index in [-0.39, 0.29) is 11.7 Å². The molecule has 1 atom stereocenters. The molecule has 184 valence electrons. The summed E-state index contributed by atoms with van der Waals surface area (Å²) >= 11 is 0. The SMILES string of the molecule is CN1CN(C(=O)C2(Oc3ccc(C(F)(F)F)cc3)CCCN2Cc2ccc(-n3cccn3)cc2)C1. The van der Waals surface area contributed by atoms with Crippen molar-refractivity contribution in [2.75, 3.05) is 26.9 Å². The van der Waals surface area contributed by atoms with Crippen LogP contribution in [-0.2, 0) is 17.5 Å². The Bertz CT molecular complexity index is 1160. The monoisotopic (exact) mass is 485 g/mol. The molecule has 2 aliphatic rings. The van der Waals surface area contributed by atoms with Gasteiger partial charge in [-0.25, -0.2) is 4.68 Å². The molecule has 0 N–H and O–H groups in total. The van der Waals surface area contributed by atoms with E-state index in [1.807, 2.05) is 53.4 Å². The molecule has 2 aromatic carbocycles. The second-order valence-corrected chi connectivity index (χ2v) is 9.03. The van der Waals surface area contributed by atoms with Crippen molar-refractivity contribution >= 4 is 5.91 Å². The van der Waals surface area contributed by atoms with Crippen LogP contribution in [-0.4, -0.2) is 63.0 Å². The lowest BCUT2D eigenvalue weighted by Gasteiger charge is -2.46. The zero-order chi connectivity index (χ0) is 24.6. The summed E-state index contributed by atoms with van der Waals surface area (Å²) in [5, 5.41) is 4.24. The van der Waals surface area contributed by atoms with Gasteiger partial charge < -0.3 is 9.64 Å². The third kappa shape index (κ3) is 4.63. The van der Waals surface area contributed by atoms with Gasteiger partial charge in [0.25, 0.3) is 5.91 Å². The van der Waals surface area contributed by atoms with E-state index in [1.54, 1.807) is 15.8 Å². The first-order valence-electron chi connectivity index (χ1n) is 11.4. The van der Waals surface area contributed by atoms with E-state index in [1.165, 1.54) is 12.1 Å². The number of alkyl halides is 3. The minimum atomic E-state index is -4.43. The van der Waals surface area contributed by atoms with Crippen LogP contribution in [0.1, 0.15) is 24.0 Å². The molecule has 1 unspecified atom stereocenters. The van der Waals surface area contributed by atoms with Gasteiger partial charge in [0.1, 0.15) is 5.75 Å². The molecular weight excluding hydrogens is 459 g/mol. The van der Waals surface area contributed by atoms with Crippen LogP contribution in [0, 0.1) is 0 Å². The molecule has 3 heterocycles. The number of rotatable bonds is 6. The Labute approximate surface area is 201 Å². The molecule has 0 spiro atoms. The number of carbonyl (C=O) groups is 1. The normalized spacial score (nSPS) is 21.2. The highest BCUT2D eigenvalue weighted by Crippen LogP contribution is 2.37. The number of hydrogen-bond donors (Lipinski definition) is 0. The van der Waals surface area contributed by atoms with Crippen LogP contribution in [0.3, 0.4) is 0 Å². The molecule has 5 rings (SSSR count). The number of nitrogens with zero attached hydrogens (tertiary/aromatic N) is 5. The van der Waals surface area contributed by atoms with Crippen molar-refractivity contribution in [2.24, 2.45) is 0 Å². The Morgan fingerprint density at radius 3 is 2.40 bits per heavy atom. The predicted octanol–water partition coefficient (Wildman–Crippen LogP) is 3.95. The maximum atomic E-state index is 13.7. The molecule has 7 nitrogen and oxygen atoms in total. The van der Waals surface area contributed by atoms with E-state index < -0.39 is 17.5 Å². The van der Waals surface area contributed by atoms with Crippen LogP contribution in [0.25, 0.3) is 5.69 Å². The minimum absolute atomic E-state index is 0.166. The van der Waals surface area contributed by atoms with Crippen LogP contribution >= 0.6 is 0 Å². The van der Waals surface area contributed by atoms with Gasteiger partial charge in [0.2, 0.25) is 5.72 Å². The number of aromatic nitrogens is 2. The summed E-state index contributed by atoms with van der Waals surface area (Å²) in [6, 6.07) is 14.3. The molecule has 3 aromatic rings. The van der Waals surface area contributed by atoms with Crippen molar-refractivity contribution < 1.29 is 22.7 Å². The quantitative estimate of drug-likeness (QED) is 0.529. The van der Waals surface area contributed by atoms with Gasteiger partial charge in [0, 0.05) is 31.9 Å². The van der Waals surface area contributed by atoms with Crippen molar-refractivity contribution in [1.82, 2.24) is 24.5 Å². The molecule has 0 bridgehead atoms. The number of halogens is 3. The summed E-state index contributed by atoms with van der Waals surface area (Å²) in [7, 11) is 1.92. The van der Waals surface area contributed by atoms with Crippen LogP contribution in [0.15, 0.2) is 67.0 Å². The predicted molar refractivity (Wildman–Crippen MR) is 122 cm³/mol. The van der Waals surface area contributed by atoms with Crippen LogP contribution < -0.4 is 4.74 Å². The average molecular weight is 486 g/mol. The highest BCUT2D eigenvalue weighted by atomic mass is 19.4. The maximum absolute atomic E-state index is 13.7. The molecule has 10 heteroatoms. The Kier molecular flexibility index (Phi) is 6.02. The van der Waals surface area contributed by atoms with Crippen molar-refractivity contribution in [3.63, 3.8) is 0 Å². The molecule has 2 fully saturated rings. The zero-order valence-electron chi connectivity index (χ0n) is 19.3.